The average Bonchev–Trinajstić information content (AvgIpc) is 2.89. The van der Waals surface area contributed by atoms with Crippen molar-refractivity contribution in [2.45, 2.75) is 26.2 Å². The highest BCUT2D eigenvalue weighted by molar-refractivity contribution is 5.94. The van der Waals surface area contributed by atoms with E-state index in [1.54, 1.807) is 24.4 Å². The van der Waals surface area contributed by atoms with Gasteiger partial charge in [-0.3, -0.25) is 15.1 Å². The molecule has 1 heterocycles. The summed E-state index contributed by atoms with van der Waals surface area (Å²) >= 11 is 0. The van der Waals surface area contributed by atoms with Gasteiger partial charge in [-0.1, -0.05) is 19.8 Å². The fraction of sp³-hybridized carbons (Fsp3) is 0.438. The van der Waals surface area contributed by atoms with Gasteiger partial charge in [-0.2, -0.15) is 0 Å². The molecule has 5 heteroatoms. The lowest BCUT2D eigenvalue weighted by Gasteiger charge is -2.17. The minimum atomic E-state index is -0.315. The summed E-state index contributed by atoms with van der Waals surface area (Å²) in [7, 11) is 0. The molecule has 1 fully saturated rings. The summed E-state index contributed by atoms with van der Waals surface area (Å²) in [5, 5.41) is 15.3. The molecule has 0 radical (unpaired) electrons. The second kappa shape index (κ2) is 5.68. The van der Waals surface area contributed by atoms with Gasteiger partial charge in [0.25, 0.3) is 0 Å². The number of nitro groups is 1. The lowest BCUT2D eigenvalue weighted by molar-refractivity contribution is -0.382. The summed E-state index contributed by atoms with van der Waals surface area (Å²) in [5.74, 6) is 1.30. The minimum Gasteiger partial charge on any atom is -0.379 e. The molecule has 110 valence electrons. The van der Waals surface area contributed by atoms with Gasteiger partial charge < -0.3 is 5.32 Å². The summed E-state index contributed by atoms with van der Waals surface area (Å²) in [6.07, 6.45) is 5.38. The maximum absolute atomic E-state index is 11.4. The molecule has 5 nitrogen and oxygen atoms in total. The number of aromatic nitrogens is 1. The number of hydrogen-bond acceptors (Lipinski definition) is 4. The summed E-state index contributed by atoms with van der Waals surface area (Å²) in [6.45, 7) is 3.06. The zero-order valence-electron chi connectivity index (χ0n) is 12.1. The second-order valence-electron chi connectivity index (χ2n) is 5.84. The van der Waals surface area contributed by atoms with Crippen molar-refractivity contribution in [3.63, 3.8) is 0 Å². The molecule has 0 aliphatic heterocycles. The third-order valence-electron chi connectivity index (χ3n) is 4.53. The van der Waals surface area contributed by atoms with E-state index in [1.165, 1.54) is 19.3 Å². The second-order valence-corrected chi connectivity index (χ2v) is 5.84. The van der Waals surface area contributed by atoms with E-state index in [1.807, 2.05) is 6.07 Å². The van der Waals surface area contributed by atoms with Gasteiger partial charge in [-0.05, 0) is 42.5 Å². The van der Waals surface area contributed by atoms with Crippen LogP contribution in [0.15, 0.2) is 30.5 Å². The topological polar surface area (TPSA) is 68.1 Å². The number of rotatable bonds is 4. The molecule has 1 aromatic carbocycles. The summed E-state index contributed by atoms with van der Waals surface area (Å²) in [6, 6.07) is 7.10. The maximum atomic E-state index is 11.4. The quantitative estimate of drug-likeness (QED) is 0.681. The first-order chi connectivity index (χ1) is 10.2. The molecule has 1 aliphatic rings. The minimum absolute atomic E-state index is 0.131. The van der Waals surface area contributed by atoms with Crippen molar-refractivity contribution in [2.24, 2.45) is 11.8 Å². The number of nitrogens with zero attached hydrogens (tertiary/aromatic N) is 2. The molecule has 2 atom stereocenters. The number of benzene rings is 1. The van der Waals surface area contributed by atoms with Crippen molar-refractivity contribution >= 4 is 22.3 Å². The van der Waals surface area contributed by atoms with Crippen LogP contribution in [0.3, 0.4) is 0 Å². The van der Waals surface area contributed by atoms with Gasteiger partial charge in [0.1, 0.15) is 5.69 Å². The number of nitro benzene ring substituents is 1. The summed E-state index contributed by atoms with van der Waals surface area (Å²) < 4.78 is 0. The number of anilines is 1. The smallest absolute Gasteiger partial charge is 0.301 e. The van der Waals surface area contributed by atoms with Crippen molar-refractivity contribution < 1.29 is 4.92 Å². The Labute approximate surface area is 123 Å². The van der Waals surface area contributed by atoms with Crippen molar-refractivity contribution in [3.8, 4) is 0 Å². The van der Waals surface area contributed by atoms with Crippen LogP contribution in [-0.2, 0) is 0 Å². The molecule has 2 unspecified atom stereocenters. The Balaban J connectivity index is 1.90. The Morgan fingerprint density at radius 1 is 1.38 bits per heavy atom. The third-order valence-corrected chi connectivity index (χ3v) is 4.53. The Morgan fingerprint density at radius 2 is 2.24 bits per heavy atom. The summed E-state index contributed by atoms with van der Waals surface area (Å²) in [5.41, 5.74) is 1.38. The van der Waals surface area contributed by atoms with Crippen molar-refractivity contribution in [2.75, 3.05) is 11.9 Å². The van der Waals surface area contributed by atoms with E-state index < -0.39 is 0 Å². The van der Waals surface area contributed by atoms with Crippen molar-refractivity contribution in [1.82, 2.24) is 4.98 Å². The van der Waals surface area contributed by atoms with Crippen LogP contribution in [0.5, 0.6) is 0 Å². The molecule has 0 spiro atoms. The molecule has 0 amide bonds. The third kappa shape index (κ3) is 2.68. The molecule has 3 rings (SSSR count). The Bertz CT molecular complexity index is 672. The first-order valence-electron chi connectivity index (χ1n) is 7.43. The van der Waals surface area contributed by atoms with Crippen LogP contribution in [-0.4, -0.2) is 16.5 Å². The molecule has 0 bridgehead atoms. The lowest BCUT2D eigenvalue weighted by Crippen LogP contribution is -2.17. The van der Waals surface area contributed by atoms with Crippen LogP contribution in [0.25, 0.3) is 10.9 Å². The number of nitrogens with one attached hydrogen (secondary N) is 1. The van der Waals surface area contributed by atoms with E-state index >= 15 is 0 Å². The zero-order valence-corrected chi connectivity index (χ0v) is 12.1. The molecule has 0 saturated heterocycles. The molecule has 21 heavy (non-hydrogen) atoms. The molecular weight excluding hydrogens is 266 g/mol. The molecule has 1 N–H and O–H groups in total. The van der Waals surface area contributed by atoms with Crippen LogP contribution in [0.2, 0.25) is 0 Å². The maximum Gasteiger partial charge on any atom is 0.301 e. The molecule has 1 aromatic heterocycles. The Kier molecular flexibility index (Phi) is 3.73. The van der Waals surface area contributed by atoms with E-state index in [-0.39, 0.29) is 10.6 Å². The predicted molar refractivity (Wildman–Crippen MR) is 83.4 cm³/mol. The fourth-order valence-electron chi connectivity index (χ4n) is 3.24. The Hall–Kier alpha value is -2.17. The molecule has 2 aromatic rings. The summed E-state index contributed by atoms with van der Waals surface area (Å²) in [4.78, 5) is 15.3. The SMILES string of the molecule is CC1CCCC1CNc1ccc2ncccc2c1[N+](=O)[O-]. The number of fused-ring (bicyclic) bond motifs is 1. The van der Waals surface area contributed by atoms with Crippen LogP contribution in [0.1, 0.15) is 26.2 Å². The number of hydrogen-bond donors (Lipinski definition) is 1. The normalized spacial score (nSPS) is 21.6. The van der Waals surface area contributed by atoms with Crippen LogP contribution in [0, 0.1) is 22.0 Å². The van der Waals surface area contributed by atoms with E-state index in [2.05, 4.69) is 17.2 Å². The number of pyridine rings is 1. The first-order valence-corrected chi connectivity index (χ1v) is 7.43. The van der Waals surface area contributed by atoms with E-state index in [9.17, 15) is 10.1 Å². The van der Waals surface area contributed by atoms with Gasteiger partial charge in [0.15, 0.2) is 0 Å². The standard InChI is InChI=1S/C16H19N3O2/c1-11-4-2-5-12(11)10-18-15-8-7-14-13(6-3-9-17-14)16(15)19(20)21/h3,6-9,11-12,18H,2,4-5,10H2,1H3. The predicted octanol–water partition coefficient (Wildman–Crippen LogP) is 3.99. The zero-order chi connectivity index (χ0) is 14.8. The highest BCUT2D eigenvalue weighted by Crippen LogP contribution is 2.35. The molecule has 1 aliphatic carbocycles. The monoisotopic (exact) mass is 285 g/mol. The molecular formula is C16H19N3O2. The van der Waals surface area contributed by atoms with Crippen molar-refractivity contribution in [3.05, 3.63) is 40.6 Å². The Morgan fingerprint density at radius 3 is 2.95 bits per heavy atom. The van der Waals surface area contributed by atoms with Crippen LogP contribution < -0.4 is 5.32 Å². The van der Waals surface area contributed by atoms with Crippen LogP contribution >= 0.6 is 0 Å². The largest absolute Gasteiger partial charge is 0.379 e. The fourth-order valence-corrected chi connectivity index (χ4v) is 3.24. The lowest BCUT2D eigenvalue weighted by atomic mass is 9.98. The van der Waals surface area contributed by atoms with Gasteiger partial charge in [0.2, 0.25) is 0 Å². The highest BCUT2D eigenvalue weighted by atomic mass is 16.6. The van der Waals surface area contributed by atoms with Gasteiger partial charge in [-0.25, -0.2) is 0 Å². The van der Waals surface area contributed by atoms with Gasteiger partial charge >= 0.3 is 5.69 Å². The average molecular weight is 285 g/mol. The van der Waals surface area contributed by atoms with Crippen LogP contribution in [0.4, 0.5) is 11.4 Å². The first kappa shape index (κ1) is 13.8. The van der Waals surface area contributed by atoms with E-state index in [0.717, 1.165) is 6.54 Å². The van der Waals surface area contributed by atoms with Gasteiger partial charge in [0.05, 0.1) is 15.8 Å². The molecule has 1 saturated carbocycles. The van der Waals surface area contributed by atoms with E-state index in [4.69, 9.17) is 0 Å². The van der Waals surface area contributed by atoms with Gasteiger partial charge in [0, 0.05) is 12.7 Å². The van der Waals surface area contributed by atoms with Crippen molar-refractivity contribution in [1.29, 1.82) is 0 Å². The van der Waals surface area contributed by atoms with E-state index in [0.29, 0.717) is 28.4 Å². The van der Waals surface area contributed by atoms with Gasteiger partial charge in [-0.15, -0.1) is 0 Å². The highest BCUT2D eigenvalue weighted by Gasteiger charge is 2.25.